The van der Waals surface area contributed by atoms with Crippen LogP contribution in [0.25, 0.3) is 22.2 Å². The lowest BCUT2D eigenvalue weighted by Crippen LogP contribution is -2.44. The van der Waals surface area contributed by atoms with Crippen molar-refractivity contribution >= 4 is 40.1 Å². The minimum Gasteiger partial charge on any atom is -0.394 e. The maximum atomic E-state index is 12.3. The second-order valence-corrected chi connectivity index (χ2v) is 9.65. The number of likely N-dealkylation sites (N-methyl/N-ethyl adjacent to an activating group) is 1. The molecule has 1 atom stereocenters. The highest BCUT2D eigenvalue weighted by atomic mass is 16.5. The van der Waals surface area contributed by atoms with Gasteiger partial charge in [0, 0.05) is 54.7 Å². The number of aliphatic hydroxyl groups excluding tert-OH is 1. The zero-order chi connectivity index (χ0) is 27.9. The molecule has 1 aliphatic heterocycles. The van der Waals surface area contributed by atoms with Crippen LogP contribution < -0.4 is 15.5 Å². The van der Waals surface area contributed by atoms with Crippen LogP contribution in [0.4, 0.5) is 23.3 Å². The van der Waals surface area contributed by atoms with E-state index in [4.69, 9.17) is 14.7 Å². The number of hydrogen-bond donors (Lipinski definition) is 3. The molecule has 0 spiro atoms. The van der Waals surface area contributed by atoms with Crippen molar-refractivity contribution in [2.24, 2.45) is 0 Å². The van der Waals surface area contributed by atoms with Crippen molar-refractivity contribution in [2.75, 3.05) is 62.5 Å². The normalized spacial score (nSPS) is 15.6. The van der Waals surface area contributed by atoms with E-state index in [9.17, 15) is 9.90 Å². The molecular formula is C29H32N8O3. The summed E-state index contributed by atoms with van der Waals surface area (Å²) in [7, 11) is 3.89. The van der Waals surface area contributed by atoms with Gasteiger partial charge >= 0.3 is 0 Å². The van der Waals surface area contributed by atoms with Gasteiger partial charge in [-0.25, -0.2) is 15.0 Å². The molecule has 1 fully saturated rings. The van der Waals surface area contributed by atoms with Crippen LogP contribution in [0.1, 0.15) is 0 Å². The maximum absolute atomic E-state index is 12.3. The number of nitrogens with one attached hydrogen (secondary N) is 2. The fourth-order valence-electron chi connectivity index (χ4n) is 4.35. The number of amides is 1. The van der Waals surface area contributed by atoms with E-state index in [-0.39, 0.29) is 18.6 Å². The van der Waals surface area contributed by atoms with Gasteiger partial charge in [0.05, 0.1) is 25.0 Å². The van der Waals surface area contributed by atoms with E-state index in [1.54, 1.807) is 12.4 Å². The van der Waals surface area contributed by atoms with E-state index < -0.39 is 0 Å². The molecule has 11 nitrogen and oxygen atoms in total. The summed E-state index contributed by atoms with van der Waals surface area (Å²) in [6.45, 7) is 2.45. The molecule has 0 radical (unpaired) electrons. The van der Waals surface area contributed by atoms with Crippen LogP contribution in [0.15, 0.2) is 73.1 Å². The van der Waals surface area contributed by atoms with E-state index in [1.165, 1.54) is 6.08 Å². The highest BCUT2D eigenvalue weighted by molar-refractivity contribution is 6.00. The average Bonchev–Trinajstić information content (AvgIpc) is 2.97. The number of hydrogen-bond acceptors (Lipinski definition) is 10. The minimum absolute atomic E-state index is 0.0289. The summed E-state index contributed by atoms with van der Waals surface area (Å²) in [6, 6.07) is 15.1. The number of morpholine rings is 1. The number of nitrogens with zero attached hydrogens (tertiary/aromatic N) is 6. The predicted octanol–water partition coefficient (Wildman–Crippen LogP) is 3.08. The van der Waals surface area contributed by atoms with Crippen LogP contribution in [0, 0.1) is 0 Å². The van der Waals surface area contributed by atoms with Gasteiger partial charge in [0.1, 0.15) is 17.2 Å². The first-order valence-corrected chi connectivity index (χ1v) is 13.0. The Labute approximate surface area is 232 Å². The van der Waals surface area contributed by atoms with Crippen molar-refractivity contribution in [3.8, 4) is 11.3 Å². The van der Waals surface area contributed by atoms with Gasteiger partial charge in [-0.1, -0.05) is 24.3 Å². The molecule has 3 aromatic heterocycles. The third kappa shape index (κ3) is 6.75. The molecule has 3 N–H and O–H groups in total. The first-order valence-electron chi connectivity index (χ1n) is 13.0. The van der Waals surface area contributed by atoms with E-state index in [0.29, 0.717) is 54.9 Å². The highest BCUT2D eigenvalue weighted by Crippen LogP contribution is 2.28. The predicted molar refractivity (Wildman–Crippen MR) is 156 cm³/mol. The molecule has 1 aromatic carbocycles. The molecule has 5 rings (SSSR count). The summed E-state index contributed by atoms with van der Waals surface area (Å²) in [5.74, 6) is 1.57. The lowest BCUT2D eigenvalue weighted by molar-refractivity contribution is -0.111. The molecule has 0 bridgehead atoms. The molecule has 1 aliphatic rings. The number of benzene rings is 1. The summed E-state index contributed by atoms with van der Waals surface area (Å²) in [4.78, 5) is 35.0. The lowest BCUT2D eigenvalue weighted by Gasteiger charge is -2.33. The van der Waals surface area contributed by atoms with Crippen LogP contribution in [-0.2, 0) is 9.53 Å². The van der Waals surface area contributed by atoms with Crippen LogP contribution in [0.2, 0.25) is 0 Å². The standard InChI is InChI=1S/C29H32N8O3/c1-36(2)13-5-10-26(39)32-22-7-3-6-20(16-22)27-28-21(11-12-30-27)17-31-29(35-28)34-24-8-4-9-25(33-24)37-14-15-40-23(18-37)19-38/h3-12,16-17,23,38H,13-15,18-19H2,1-2H3,(H,32,39)(H,31,33,34,35)/b10-5+. The first kappa shape index (κ1) is 27.1. The van der Waals surface area contributed by atoms with Crippen molar-refractivity contribution in [2.45, 2.75) is 6.10 Å². The minimum atomic E-state index is -0.228. The van der Waals surface area contributed by atoms with Crippen molar-refractivity contribution in [3.05, 3.63) is 73.1 Å². The Balaban J connectivity index is 1.37. The summed E-state index contributed by atoms with van der Waals surface area (Å²) < 4.78 is 5.56. The highest BCUT2D eigenvalue weighted by Gasteiger charge is 2.21. The lowest BCUT2D eigenvalue weighted by atomic mass is 10.1. The van der Waals surface area contributed by atoms with Gasteiger partial charge in [-0.3, -0.25) is 9.78 Å². The van der Waals surface area contributed by atoms with E-state index in [1.807, 2.05) is 73.6 Å². The number of fused-ring (bicyclic) bond motifs is 1. The second-order valence-electron chi connectivity index (χ2n) is 9.65. The van der Waals surface area contributed by atoms with Gasteiger partial charge in [-0.05, 0) is 44.4 Å². The number of rotatable bonds is 9. The molecule has 4 heterocycles. The number of pyridine rings is 2. The zero-order valence-corrected chi connectivity index (χ0v) is 22.5. The Morgan fingerprint density at radius 3 is 2.90 bits per heavy atom. The molecule has 40 heavy (non-hydrogen) atoms. The summed E-state index contributed by atoms with van der Waals surface area (Å²) >= 11 is 0. The molecule has 1 saturated heterocycles. The number of carbonyl (C=O) groups excluding carboxylic acids is 1. The van der Waals surface area contributed by atoms with E-state index in [2.05, 4.69) is 25.5 Å². The number of carbonyl (C=O) groups is 1. The van der Waals surface area contributed by atoms with Gasteiger partial charge in [-0.2, -0.15) is 0 Å². The van der Waals surface area contributed by atoms with Gasteiger partial charge in [-0.15, -0.1) is 0 Å². The van der Waals surface area contributed by atoms with Crippen molar-refractivity contribution in [1.29, 1.82) is 0 Å². The van der Waals surface area contributed by atoms with E-state index in [0.717, 1.165) is 16.8 Å². The van der Waals surface area contributed by atoms with Crippen LogP contribution in [-0.4, -0.2) is 88.9 Å². The Bertz CT molecular complexity index is 1510. The topological polar surface area (TPSA) is 129 Å². The van der Waals surface area contributed by atoms with Crippen molar-refractivity contribution in [1.82, 2.24) is 24.8 Å². The zero-order valence-electron chi connectivity index (χ0n) is 22.5. The summed E-state index contributed by atoms with van der Waals surface area (Å²) in [6.07, 6.45) is 6.58. The molecule has 1 unspecified atom stereocenters. The average molecular weight is 541 g/mol. The molecule has 206 valence electrons. The van der Waals surface area contributed by atoms with Crippen molar-refractivity contribution in [3.63, 3.8) is 0 Å². The molecule has 11 heteroatoms. The van der Waals surface area contributed by atoms with Crippen LogP contribution in [0.3, 0.4) is 0 Å². The summed E-state index contributed by atoms with van der Waals surface area (Å²) in [5.41, 5.74) is 2.82. The third-order valence-electron chi connectivity index (χ3n) is 6.28. The maximum Gasteiger partial charge on any atom is 0.248 e. The Morgan fingerprint density at radius 1 is 1.18 bits per heavy atom. The van der Waals surface area contributed by atoms with Gasteiger partial charge < -0.3 is 30.3 Å². The number of aromatic nitrogens is 4. The van der Waals surface area contributed by atoms with E-state index >= 15 is 0 Å². The van der Waals surface area contributed by atoms with Crippen LogP contribution >= 0.6 is 0 Å². The Kier molecular flexibility index (Phi) is 8.55. The monoisotopic (exact) mass is 540 g/mol. The SMILES string of the molecule is CN(C)C/C=C/C(=O)Nc1cccc(-c2nccc3cnc(Nc4cccc(N5CCOC(CO)C5)n4)nc23)c1. The fourth-order valence-corrected chi connectivity index (χ4v) is 4.35. The smallest absolute Gasteiger partial charge is 0.248 e. The second kappa shape index (κ2) is 12.6. The fraction of sp³-hybridized carbons (Fsp3) is 0.276. The first-order chi connectivity index (χ1) is 19.5. The Morgan fingerprint density at radius 2 is 2.05 bits per heavy atom. The number of anilines is 4. The number of ether oxygens (including phenoxy) is 1. The summed E-state index contributed by atoms with van der Waals surface area (Å²) in [5, 5.41) is 16.4. The third-order valence-corrected chi connectivity index (χ3v) is 6.28. The van der Waals surface area contributed by atoms with Gasteiger partial charge in [0.25, 0.3) is 0 Å². The van der Waals surface area contributed by atoms with Crippen LogP contribution in [0.5, 0.6) is 0 Å². The molecular weight excluding hydrogens is 508 g/mol. The molecule has 0 saturated carbocycles. The number of aliphatic hydroxyl groups is 1. The van der Waals surface area contributed by atoms with Gasteiger partial charge in [0.15, 0.2) is 0 Å². The Hall–Kier alpha value is -4.45. The molecule has 4 aromatic rings. The quantitative estimate of drug-likeness (QED) is 0.273. The largest absolute Gasteiger partial charge is 0.394 e. The van der Waals surface area contributed by atoms with Gasteiger partial charge in [0.2, 0.25) is 11.9 Å². The molecule has 1 amide bonds. The van der Waals surface area contributed by atoms with Crippen molar-refractivity contribution < 1.29 is 14.6 Å². The molecule has 0 aliphatic carbocycles.